The molecular formula is C22H17N3O4S. The average Bonchev–Trinajstić information content (AvgIpc) is 3.18. The van der Waals surface area contributed by atoms with Crippen molar-refractivity contribution in [1.29, 1.82) is 0 Å². The van der Waals surface area contributed by atoms with Gasteiger partial charge in [0, 0.05) is 27.8 Å². The molecule has 1 N–H and O–H groups in total. The van der Waals surface area contributed by atoms with Crippen LogP contribution in [0, 0.1) is 10.1 Å². The Morgan fingerprint density at radius 1 is 1.17 bits per heavy atom. The van der Waals surface area contributed by atoms with Gasteiger partial charge in [0.2, 0.25) is 0 Å². The Balaban J connectivity index is 1.59. The van der Waals surface area contributed by atoms with E-state index in [1.54, 1.807) is 18.3 Å². The van der Waals surface area contributed by atoms with Gasteiger partial charge < -0.3 is 4.74 Å². The molecule has 4 aromatic rings. The van der Waals surface area contributed by atoms with Crippen molar-refractivity contribution in [2.45, 2.75) is 6.92 Å². The van der Waals surface area contributed by atoms with Crippen LogP contribution in [0.2, 0.25) is 0 Å². The third-order valence-corrected chi connectivity index (χ3v) is 5.64. The number of nitrogens with one attached hydrogen (secondary N) is 1. The molecule has 7 nitrogen and oxygen atoms in total. The zero-order valence-electron chi connectivity index (χ0n) is 16.0. The Kier molecular flexibility index (Phi) is 5.40. The first-order valence-electron chi connectivity index (χ1n) is 9.22. The van der Waals surface area contributed by atoms with Crippen molar-refractivity contribution in [1.82, 2.24) is 5.43 Å². The van der Waals surface area contributed by atoms with Gasteiger partial charge in [-0.2, -0.15) is 5.10 Å². The van der Waals surface area contributed by atoms with Gasteiger partial charge in [-0.3, -0.25) is 14.9 Å². The van der Waals surface area contributed by atoms with Crippen molar-refractivity contribution in [3.8, 4) is 5.75 Å². The number of hydrazone groups is 1. The van der Waals surface area contributed by atoms with Crippen molar-refractivity contribution in [3.63, 3.8) is 0 Å². The summed E-state index contributed by atoms with van der Waals surface area (Å²) in [6.45, 7) is 2.42. The largest absolute Gasteiger partial charge is 0.493 e. The van der Waals surface area contributed by atoms with Crippen molar-refractivity contribution in [2.24, 2.45) is 5.10 Å². The Morgan fingerprint density at radius 3 is 2.80 bits per heavy atom. The number of ether oxygens (including phenoxy) is 1. The zero-order valence-corrected chi connectivity index (χ0v) is 16.8. The molecule has 1 heterocycles. The Morgan fingerprint density at radius 2 is 2.00 bits per heavy atom. The van der Waals surface area contributed by atoms with Gasteiger partial charge in [0.05, 0.1) is 22.6 Å². The minimum Gasteiger partial charge on any atom is -0.493 e. The molecule has 0 spiro atoms. The summed E-state index contributed by atoms with van der Waals surface area (Å²) in [7, 11) is 0. The molecule has 0 radical (unpaired) electrons. The van der Waals surface area contributed by atoms with Gasteiger partial charge >= 0.3 is 0 Å². The maximum Gasteiger partial charge on any atom is 0.281 e. The molecule has 0 unspecified atom stereocenters. The van der Waals surface area contributed by atoms with Gasteiger partial charge in [0.25, 0.3) is 11.6 Å². The zero-order chi connectivity index (χ0) is 21.1. The first kappa shape index (κ1) is 19.5. The second-order valence-electron chi connectivity index (χ2n) is 6.42. The second kappa shape index (κ2) is 8.30. The van der Waals surface area contributed by atoms with Crippen molar-refractivity contribution < 1.29 is 14.5 Å². The average molecular weight is 419 g/mol. The number of nitro groups is 1. The fourth-order valence-electron chi connectivity index (χ4n) is 3.16. The topological polar surface area (TPSA) is 93.8 Å². The van der Waals surface area contributed by atoms with Gasteiger partial charge in [-0.25, -0.2) is 5.43 Å². The molecule has 0 saturated carbocycles. The normalized spacial score (nSPS) is 11.2. The van der Waals surface area contributed by atoms with Crippen LogP contribution in [-0.2, 0) is 0 Å². The summed E-state index contributed by atoms with van der Waals surface area (Å²) < 4.78 is 6.49. The van der Waals surface area contributed by atoms with Crippen LogP contribution in [0.15, 0.2) is 65.8 Å². The van der Waals surface area contributed by atoms with E-state index in [1.807, 2.05) is 43.3 Å². The number of nitrogens with zero attached hydrogens (tertiary/aromatic N) is 2. The SMILES string of the molecule is CCOc1ccc2ccccc2c1C=NNC(=O)c1cc2cc([N+](=O)[O-])ccc2s1. The fraction of sp³-hybridized carbons (Fsp3) is 0.0909. The molecule has 3 aromatic carbocycles. The van der Waals surface area contributed by atoms with E-state index in [2.05, 4.69) is 10.5 Å². The summed E-state index contributed by atoms with van der Waals surface area (Å²) in [6, 6.07) is 17.9. The van der Waals surface area contributed by atoms with Crippen LogP contribution in [0.4, 0.5) is 5.69 Å². The van der Waals surface area contributed by atoms with Gasteiger partial charge in [0.15, 0.2) is 0 Å². The summed E-state index contributed by atoms with van der Waals surface area (Å²) in [5, 5.41) is 17.7. The highest BCUT2D eigenvalue weighted by atomic mass is 32.1. The van der Waals surface area contributed by atoms with Crippen LogP contribution in [0.3, 0.4) is 0 Å². The number of rotatable bonds is 6. The minimum atomic E-state index is -0.457. The lowest BCUT2D eigenvalue weighted by Gasteiger charge is -2.10. The van der Waals surface area contributed by atoms with E-state index in [1.165, 1.54) is 23.5 Å². The number of hydrogen-bond donors (Lipinski definition) is 1. The van der Waals surface area contributed by atoms with E-state index in [4.69, 9.17) is 4.74 Å². The predicted octanol–water partition coefficient (Wildman–Crippen LogP) is 5.13. The Hall–Kier alpha value is -3.78. The summed E-state index contributed by atoms with van der Waals surface area (Å²) in [5.74, 6) is 0.302. The molecule has 0 aliphatic carbocycles. The number of nitro benzene ring substituents is 1. The molecule has 0 fully saturated rings. The van der Waals surface area contributed by atoms with Crippen molar-refractivity contribution in [2.75, 3.05) is 6.61 Å². The molecule has 30 heavy (non-hydrogen) atoms. The van der Waals surface area contributed by atoms with E-state index in [9.17, 15) is 14.9 Å². The van der Waals surface area contributed by atoms with Crippen LogP contribution >= 0.6 is 11.3 Å². The molecular weight excluding hydrogens is 402 g/mol. The third-order valence-electron chi connectivity index (χ3n) is 4.52. The molecule has 150 valence electrons. The number of carbonyl (C=O) groups is 1. The first-order chi connectivity index (χ1) is 14.6. The molecule has 0 atom stereocenters. The smallest absolute Gasteiger partial charge is 0.281 e. The standard InChI is InChI=1S/C22H17N3O4S/c1-2-29-19-9-7-14-5-3-4-6-17(14)18(19)13-23-24-22(26)21-12-15-11-16(25(27)28)8-10-20(15)30-21/h3-13H,2H2,1H3,(H,24,26). The molecule has 0 saturated heterocycles. The molecule has 0 aliphatic heterocycles. The maximum absolute atomic E-state index is 12.5. The summed E-state index contributed by atoms with van der Waals surface area (Å²) in [4.78, 5) is 23.4. The van der Waals surface area contributed by atoms with Crippen LogP contribution < -0.4 is 10.2 Å². The first-order valence-corrected chi connectivity index (χ1v) is 10.0. The minimum absolute atomic E-state index is 0.00955. The van der Waals surface area contributed by atoms with Gasteiger partial charge in [-0.1, -0.05) is 30.3 Å². The van der Waals surface area contributed by atoms with Crippen molar-refractivity contribution >= 4 is 50.0 Å². The highest BCUT2D eigenvalue weighted by molar-refractivity contribution is 7.20. The van der Waals surface area contributed by atoms with Gasteiger partial charge in [-0.05, 0) is 35.9 Å². The molecule has 4 rings (SSSR count). The molecule has 0 bridgehead atoms. The maximum atomic E-state index is 12.5. The number of non-ortho nitro benzene ring substituents is 1. The lowest BCUT2D eigenvalue weighted by Crippen LogP contribution is -2.16. The third kappa shape index (κ3) is 3.85. The van der Waals surface area contributed by atoms with E-state index in [0.29, 0.717) is 22.6 Å². The molecule has 0 aliphatic rings. The summed E-state index contributed by atoms with van der Waals surface area (Å²) in [6.07, 6.45) is 1.57. The van der Waals surface area contributed by atoms with Crippen LogP contribution in [0.1, 0.15) is 22.2 Å². The molecule has 1 aromatic heterocycles. The predicted molar refractivity (Wildman–Crippen MR) is 119 cm³/mol. The number of thiophene rings is 1. The lowest BCUT2D eigenvalue weighted by atomic mass is 10.0. The van der Waals surface area contributed by atoms with Crippen LogP contribution in [-0.4, -0.2) is 23.7 Å². The molecule has 1 amide bonds. The molecule has 8 heteroatoms. The van der Waals surface area contributed by atoms with E-state index in [-0.39, 0.29) is 11.6 Å². The Labute approximate surface area is 175 Å². The number of fused-ring (bicyclic) bond motifs is 2. The summed E-state index contributed by atoms with van der Waals surface area (Å²) in [5.41, 5.74) is 3.30. The van der Waals surface area contributed by atoms with Crippen molar-refractivity contribution in [3.05, 3.63) is 81.2 Å². The van der Waals surface area contributed by atoms with Gasteiger partial charge in [-0.15, -0.1) is 11.3 Å². The quantitative estimate of drug-likeness (QED) is 0.266. The second-order valence-corrected chi connectivity index (χ2v) is 7.50. The van der Waals surface area contributed by atoms with E-state index in [0.717, 1.165) is 21.0 Å². The summed E-state index contributed by atoms with van der Waals surface area (Å²) >= 11 is 1.25. The monoisotopic (exact) mass is 419 g/mol. The highest BCUT2D eigenvalue weighted by Crippen LogP contribution is 2.29. The Bertz CT molecular complexity index is 1300. The number of benzene rings is 3. The van der Waals surface area contributed by atoms with Crippen LogP contribution in [0.25, 0.3) is 20.9 Å². The van der Waals surface area contributed by atoms with Gasteiger partial charge in [0.1, 0.15) is 5.75 Å². The lowest BCUT2D eigenvalue weighted by molar-refractivity contribution is -0.384. The highest BCUT2D eigenvalue weighted by Gasteiger charge is 2.13. The fourth-order valence-corrected chi connectivity index (χ4v) is 4.09. The van der Waals surface area contributed by atoms with E-state index < -0.39 is 4.92 Å². The van der Waals surface area contributed by atoms with E-state index >= 15 is 0 Å². The van der Waals surface area contributed by atoms with Crippen LogP contribution in [0.5, 0.6) is 5.75 Å². The number of hydrogen-bond acceptors (Lipinski definition) is 6. The number of amides is 1. The number of carbonyl (C=O) groups excluding carboxylic acids is 1.